The molecule has 0 spiro atoms. The highest BCUT2D eigenvalue weighted by molar-refractivity contribution is 7.91. The van der Waals surface area contributed by atoms with Gasteiger partial charge in [-0.25, -0.2) is 21.6 Å². The van der Waals surface area contributed by atoms with E-state index in [0.29, 0.717) is 24.3 Å². The van der Waals surface area contributed by atoms with Crippen LogP contribution in [-0.2, 0) is 32.7 Å². The van der Waals surface area contributed by atoms with Crippen molar-refractivity contribution in [1.82, 2.24) is 4.72 Å². The molecule has 0 bridgehead atoms. The number of fused-ring (bicyclic) bond motifs is 1. The molecule has 5 nitrogen and oxygen atoms in total. The van der Waals surface area contributed by atoms with Gasteiger partial charge < -0.3 is 0 Å². The van der Waals surface area contributed by atoms with Gasteiger partial charge in [-0.05, 0) is 43.4 Å². The molecule has 0 aliphatic carbocycles. The number of hydrogen-bond donors (Lipinski definition) is 1. The highest BCUT2D eigenvalue weighted by atomic mass is 32.2. The minimum Gasteiger partial charge on any atom is -0.224 e. The first-order valence-electron chi connectivity index (χ1n) is 6.66. The van der Waals surface area contributed by atoms with Crippen molar-refractivity contribution in [3.63, 3.8) is 0 Å². The fourth-order valence-corrected chi connectivity index (χ4v) is 4.50. The molecule has 0 saturated heterocycles. The average molecular weight is 317 g/mol. The lowest BCUT2D eigenvalue weighted by Crippen LogP contribution is -2.27. The Morgan fingerprint density at radius 1 is 1.30 bits per heavy atom. The summed E-state index contributed by atoms with van der Waals surface area (Å²) in [6.07, 6.45) is 1.98. The molecule has 2 rings (SSSR count). The van der Waals surface area contributed by atoms with Crippen LogP contribution in [-0.4, -0.2) is 34.9 Å². The van der Waals surface area contributed by atoms with Gasteiger partial charge in [-0.15, -0.1) is 0 Å². The second-order valence-corrected chi connectivity index (χ2v) is 9.09. The van der Waals surface area contributed by atoms with E-state index in [9.17, 15) is 16.8 Å². The van der Waals surface area contributed by atoms with Crippen molar-refractivity contribution >= 4 is 19.9 Å². The van der Waals surface area contributed by atoms with Gasteiger partial charge in [-0.2, -0.15) is 0 Å². The van der Waals surface area contributed by atoms with Gasteiger partial charge in [-0.1, -0.05) is 12.1 Å². The lowest BCUT2D eigenvalue weighted by atomic mass is 10.0. The fourth-order valence-electron chi connectivity index (χ4n) is 2.30. The van der Waals surface area contributed by atoms with Crippen LogP contribution in [0.25, 0.3) is 0 Å². The maximum absolute atomic E-state index is 11.9. The van der Waals surface area contributed by atoms with Crippen LogP contribution in [0.15, 0.2) is 23.1 Å². The summed E-state index contributed by atoms with van der Waals surface area (Å²) in [5.74, 6) is 0.283. The molecule has 0 unspecified atom stereocenters. The van der Waals surface area contributed by atoms with Crippen molar-refractivity contribution in [1.29, 1.82) is 0 Å². The zero-order chi connectivity index (χ0) is 14.8. The third-order valence-electron chi connectivity index (χ3n) is 3.43. The highest BCUT2D eigenvalue weighted by Crippen LogP contribution is 2.25. The van der Waals surface area contributed by atoms with Crippen LogP contribution in [0.5, 0.6) is 0 Å². The summed E-state index contributed by atoms with van der Waals surface area (Å²) >= 11 is 0. The first-order chi connectivity index (χ1) is 9.34. The average Bonchev–Trinajstić information content (AvgIpc) is 2.38. The van der Waals surface area contributed by atoms with E-state index in [2.05, 4.69) is 4.72 Å². The molecule has 0 radical (unpaired) electrons. The molecule has 20 heavy (non-hydrogen) atoms. The second kappa shape index (κ2) is 5.83. The second-order valence-electron chi connectivity index (χ2n) is 4.91. The molecule has 0 fully saturated rings. The van der Waals surface area contributed by atoms with Gasteiger partial charge in [0.1, 0.15) is 0 Å². The predicted molar refractivity (Wildman–Crippen MR) is 78.0 cm³/mol. The summed E-state index contributed by atoms with van der Waals surface area (Å²) in [6.45, 7) is 1.92. The first kappa shape index (κ1) is 15.5. The van der Waals surface area contributed by atoms with Crippen LogP contribution >= 0.6 is 0 Å². The number of sulfone groups is 1. The molecule has 1 aliphatic rings. The van der Waals surface area contributed by atoms with Crippen LogP contribution in [0.2, 0.25) is 0 Å². The molecule has 0 saturated carbocycles. The van der Waals surface area contributed by atoms with Gasteiger partial charge in [0, 0.05) is 6.54 Å². The third kappa shape index (κ3) is 3.59. The lowest BCUT2D eigenvalue weighted by molar-refractivity contribution is 0.583. The SMILES string of the molecule is CCS(=O)(=O)NCCc1ccc2c(c1)CCCS2(=O)=O. The highest BCUT2D eigenvalue weighted by Gasteiger charge is 2.23. The lowest BCUT2D eigenvalue weighted by Gasteiger charge is -2.17. The molecule has 1 aromatic rings. The van der Waals surface area contributed by atoms with Crippen LogP contribution < -0.4 is 4.72 Å². The van der Waals surface area contributed by atoms with E-state index < -0.39 is 19.9 Å². The Morgan fingerprint density at radius 2 is 2.05 bits per heavy atom. The molecule has 1 heterocycles. The largest absolute Gasteiger partial charge is 0.224 e. The van der Waals surface area contributed by atoms with E-state index in [0.717, 1.165) is 17.5 Å². The standard InChI is InChI=1S/C13H19NO4S2/c1-2-20(17,18)14-8-7-11-5-6-13-12(10-11)4-3-9-19(13,15)16/h5-6,10,14H,2-4,7-9H2,1H3. The van der Waals surface area contributed by atoms with E-state index in [4.69, 9.17) is 0 Å². The zero-order valence-electron chi connectivity index (χ0n) is 11.4. The van der Waals surface area contributed by atoms with Crippen molar-refractivity contribution < 1.29 is 16.8 Å². The maximum Gasteiger partial charge on any atom is 0.211 e. The zero-order valence-corrected chi connectivity index (χ0v) is 13.1. The molecular weight excluding hydrogens is 298 g/mol. The van der Waals surface area contributed by atoms with E-state index in [-0.39, 0.29) is 11.5 Å². The van der Waals surface area contributed by atoms with Crippen molar-refractivity contribution in [2.75, 3.05) is 18.1 Å². The van der Waals surface area contributed by atoms with Gasteiger partial charge in [0.15, 0.2) is 9.84 Å². The summed E-state index contributed by atoms with van der Waals surface area (Å²) < 4.78 is 48.9. The Morgan fingerprint density at radius 3 is 2.75 bits per heavy atom. The van der Waals surface area contributed by atoms with Gasteiger partial charge in [0.25, 0.3) is 0 Å². The van der Waals surface area contributed by atoms with E-state index >= 15 is 0 Å². The third-order valence-corrected chi connectivity index (χ3v) is 6.73. The quantitative estimate of drug-likeness (QED) is 0.874. The molecule has 0 aromatic heterocycles. The van der Waals surface area contributed by atoms with Crippen molar-refractivity contribution in [3.8, 4) is 0 Å². The Hall–Kier alpha value is -0.920. The Bertz CT molecular complexity index is 693. The molecule has 0 amide bonds. The van der Waals surface area contributed by atoms with Crippen molar-refractivity contribution in [3.05, 3.63) is 29.3 Å². The fraction of sp³-hybridized carbons (Fsp3) is 0.538. The van der Waals surface area contributed by atoms with Gasteiger partial charge in [0.2, 0.25) is 10.0 Å². The molecule has 1 aliphatic heterocycles. The van der Waals surface area contributed by atoms with Crippen LogP contribution in [0, 0.1) is 0 Å². The summed E-state index contributed by atoms with van der Waals surface area (Å²) in [4.78, 5) is 0.432. The molecule has 112 valence electrons. The van der Waals surface area contributed by atoms with Crippen LogP contribution in [0.3, 0.4) is 0 Å². The number of aryl methyl sites for hydroxylation is 1. The van der Waals surface area contributed by atoms with Gasteiger partial charge >= 0.3 is 0 Å². The topological polar surface area (TPSA) is 80.3 Å². The number of rotatable bonds is 5. The molecule has 1 N–H and O–H groups in total. The Balaban J connectivity index is 2.09. The number of hydrogen-bond acceptors (Lipinski definition) is 4. The monoisotopic (exact) mass is 317 g/mol. The van der Waals surface area contributed by atoms with Crippen LogP contribution in [0.1, 0.15) is 24.5 Å². The predicted octanol–water partition coefficient (Wildman–Crippen LogP) is 0.888. The van der Waals surface area contributed by atoms with Crippen molar-refractivity contribution in [2.45, 2.75) is 31.1 Å². The van der Waals surface area contributed by atoms with E-state index in [1.54, 1.807) is 19.1 Å². The Kier molecular flexibility index (Phi) is 4.51. The van der Waals surface area contributed by atoms with Crippen LogP contribution in [0.4, 0.5) is 0 Å². The molecular formula is C13H19NO4S2. The number of nitrogens with one attached hydrogen (secondary N) is 1. The van der Waals surface area contributed by atoms with Gasteiger partial charge in [-0.3, -0.25) is 0 Å². The van der Waals surface area contributed by atoms with E-state index in [1.165, 1.54) is 0 Å². The van der Waals surface area contributed by atoms with Crippen molar-refractivity contribution in [2.24, 2.45) is 0 Å². The first-order valence-corrected chi connectivity index (χ1v) is 9.96. The smallest absolute Gasteiger partial charge is 0.211 e. The number of sulfonamides is 1. The summed E-state index contributed by atoms with van der Waals surface area (Å²) in [5.41, 5.74) is 1.81. The number of benzene rings is 1. The summed E-state index contributed by atoms with van der Waals surface area (Å²) in [7, 11) is -6.29. The molecule has 1 aromatic carbocycles. The normalized spacial score (nSPS) is 17.6. The summed E-state index contributed by atoms with van der Waals surface area (Å²) in [5, 5.41) is 0. The van der Waals surface area contributed by atoms with Gasteiger partial charge in [0.05, 0.1) is 16.4 Å². The summed E-state index contributed by atoms with van der Waals surface area (Å²) in [6, 6.07) is 5.29. The molecule has 0 atom stereocenters. The maximum atomic E-state index is 11.9. The molecule has 7 heteroatoms. The minimum atomic E-state index is -3.17. The van der Waals surface area contributed by atoms with E-state index in [1.807, 2.05) is 6.07 Å². The minimum absolute atomic E-state index is 0.0649. The Labute approximate surface area is 120 Å².